The summed E-state index contributed by atoms with van der Waals surface area (Å²) in [6, 6.07) is 0. The summed E-state index contributed by atoms with van der Waals surface area (Å²) in [5.41, 5.74) is 3.00. The van der Waals surface area contributed by atoms with Crippen molar-refractivity contribution in [1.29, 1.82) is 0 Å². The molecule has 0 saturated heterocycles. The quantitative estimate of drug-likeness (QED) is 0.0614. The van der Waals surface area contributed by atoms with Crippen LogP contribution in [0.5, 0.6) is 0 Å². The van der Waals surface area contributed by atoms with Gasteiger partial charge in [-0.25, -0.2) is 0 Å². The van der Waals surface area contributed by atoms with Gasteiger partial charge in [-0.3, -0.25) is 0 Å². The van der Waals surface area contributed by atoms with Crippen LogP contribution in [0.3, 0.4) is 0 Å². The van der Waals surface area contributed by atoms with Gasteiger partial charge in [-0.1, -0.05) is 133 Å². The van der Waals surface area contributed by atoms with Gasteiger partial charge in [0.15, 0.2) is 0 Å². The Morgan fingerprint density at radius 3 is 1.76 bits per heavy atom. The highest BCUT2D eigenvalue weighted by Gasteiger charge is 2.20. The van der Waals surface area contributed by atoms with Gasteiger partial charge in [0.1, 0.15) is 0 Å². The smallest absolute Gasteiger partial charge is 0.0858 e. The van der Waals surface area contributed by atoms with Crippen molar-refractivity contribution in [3.63, 3.8) is 0 Å². The normalized spacial score (nSPS) is 13.1. The molecule has 0 nitrogen and oxygen atoms in total. The lowest BCUT2D eigenvalue weighted by Crippen LogP contribution is -2.21. The number of allylic oxidation sites excluding steroid dienone is 3. The molecule has 29 heavy (non-hydrogen) atoms. The van der Waals surface area contributed by atoms with Crippen molar-refractivity contribution in [2.24, 2.45) is 0 Å². The molecule has 0 saturated carbocycles. The lowest BCUT2D eigenvalue weighted by atomic mass is 10.0. The van der Waals surface area contributed by atoms with E-state index in [-0.39, 0.29) is 0 Å². The van der Waals surface area contributed by atoms with Gasteiger partial charge in [-0.05, 0) is 47.0 Å². The average Bonchev–Trinajstić information content (AvgIpc) is 2.68. The van der Waals surface area contributed by atoms with E-state index in [1.54, 1.807) is 8.78 Å². The van der Waals surface area contributed by atoms with Crippen molar-refractivity contribution in [3.8, 4) is 11.8 Å². The fourth-order valence-corrected chi connectivity index (χ4v) is 4.99. The van der Waals surface area contributed by atoms with E-state index in [1.165, 1.54) is 89.0 Å². The molecule has 0 fully saturated rings. The maximum absolute atomic E-state index is 3.60. The van der Waals surface area contributed by atoms with Gasteiger partial charge in [-0.15, -0.1) is 0 Å². The molecule has 2 heteroatoms. The Morgan fingerprint density at radius 2 is 1.24 bits per heavy atom. The van der Waals surface area contributed by atoms with Gasteiger partial charge < -0.3 is 0 Å². The highest BCUT2D eigenvalue weighted by Crippen LogP contribution is 2.30. The maximum atomic E-state index is 3.60. The first-order valence-corrected chi connectivity index (χ1v) is 17.0. The molecule has 0 aromatic rings. The summed E-state index contributed by atoms with van der Waals surface area (Å²) in [6.07, 6.45) is 21.9. The average molecular weight is 529 g/mol. The van der Waals surface area contributed by atoms with E-state index in [2.05, 4.69) is 80.9 Å². The first kappa shape index (κ1) is 29.0. The highest BCUT2D eigenvalue weighted by molar-refractivity contribution is 14.1. The summed E-state index contributed by atoms with van der Waals surface area (Å²) in [5.74, 6) is 7.11. The minimum absolute atomic E-state index is 1.06. The summed E-state index contributed by atoms with van der Waals surface area (Å²) in [7, 11) is -1.28. The monoisotopic (exact) mass is 528 g/mol. The summed E-state index contributed by atoms with van der Waals surface area (Å²) >= 11 is 2.66. The fraction of sp³-hybridized carbons (Fsp3) is 0.778. The lowest BCUT2D eigenvalue weighted by molar-refractivity contribution is 0.663. The van der Waals surface area contributed by atoms with Gasteiger partial charge in [0.25, 0.3) is 0 Å². The van der Waals surface area contributed by atoms with Crippen LogP contribution in [0, 0.1) is 11.8 Å². The number of unbranched alkanes of at least 4 members (excludes halogenated alkanes) is 10. The van der Waals surface area contributed by atoms with E-state index in [9.17, 15) is 0 Å². The molecule has 0 unspecified atom stereocenters. The second kappa shape index (κ2) is 18.7. The number of hydrogen-bond acceptors (Lipinski definition) is 0. The Bertz CT molecular complexity index is 525. The Hall–Kier alpha value is -0.0131. The minimum atomic E-state index is -1.28. The van der Waals surface area contributed by atoms with Crippen LogP contribution in [0.15, 0.2) is 20.4 Å². The predicted molar refractivity (Wildman–Crippen MR) is 147 cm³/mol. The van der Waals surface area contributed by atoms with Crippen molar-refractivity contribution in [3.05, 3.63) is 20.4 Å². The van der Waals surface area contributed by atoms with Crippen molar-refractivity contribution < 1.29 is 0 Å². The maximum Gasteiger partial charge on any atom is 0.0858 e. The van der Waals surface area contributed by atoms with Crippen LogP contribution < -0.4 is 0 Å². The molecule has 0 aromatic heterocycles. The summed E-state index contributed by atoms with van der Waals surface area (Å²) in [6.45, 7) is 14.3. The van der Waals surface area contributed by atoms with E-state index in [0.29, 0.717) is 0 Å². The third-order valence-electron chi connectivity index (χ3n) is 5.29. The molecule has 0 spiro atoms. The van der Waals surface area contributed by atoms with E-state index < -0.39 is 8.07 Å². The van der Waals surface area contributed by atoms with Crippen LogP contribution in [-0.2, 0) is 0 Å². The van der Waals surface area contributed by atoms with Gasteiger partial charge in [0, 0.05) is 12.0 Å². The van der Waals surface area contributed by atoms with Crippen LogP contribution >= 0.6 is 22.6 Å². The zero-order valence-electron chi connectivity index (χ0n) is 20.6. The SMILES string of the molecule is CCCCCCC#CC(=CC(CCCCCC)=C(I)[Si](C)(C)C)CCCCCC. The Kier molecular flexibility index (Phi) is 18.7. The van der Waals surface area contributed by atoms with Crippen LogP contribution in [0.1, 0.15) is 117 Å². The lowest BCUT2D eigenvalue weighted by Gasteiger charge is -2.20. The fourth-order valence-electron chi connectivity index (χ4n) is 3.41. The molecule has 0 atom stereocenters. The van der Waals surface area contributed by atoms with E-state index in [1.807, 2.05) is 0 Å². The van der Waals surface area contributed by atoms with Crippen LogP contribution in [0.25, 0.3) is 0 Å². The molecule has 168 valence electrons. The van der Waals surface area contributed by atoms with Gasteiger partial charge >= 0.3 is 0 Å². The van der Waals surface area contributed by atoms with E-state index >= 15 is 0 Å². The van der Waals surface area contributed by atoms with E-state index in [4.69, 9.17) is 0 Å². The molecule has 0 aliphatic heterocycles. The molecule has 0 aliphatic rings. The first-order chi connectivity index (χ1) is 13.9. The molecule has 0 aliphatic carbocycles. The highest BCUT2D eigenvalue weighted by atomic mass is 127. The summed E-state index contributed by atoms with van der Waals surface area (Å²) in [5, 5.41) is 0. The molecule has 0 amide bonds. The minimum Gasteiger partial charge on any atom is -0.0982 e. The van der Waals surface area contributed by atoms with Crippen molar-refractivity contribution in [1.82, 2.24) is 0 Å². The third kappa shape index (κ3) is 16.4. The number of rotatable bonds is 16. The second-order valence-electron chi connectivity index (χ2n) is 9.49. The van der Waals surface area contributed by atoms with Crippen molar-refractivity contribution in [2.45, 2.75) is 137 Å². The van der Waals surface area contributed by atoms with Gasteiger partial charge in [-0.2, -0.15) is 0 Å². The predicted octanol–water partition coefficient (Wildman–Crippen LogP) is 10.4. The van der Waals surface area contributed by atoms with Crippen molar-refractivity contribution in [2.75, 3.05) is 0 Å². The zero-order chi connectivity index (χ0) is 22.0. The Labute approximate surface area is 198 Å². The summed E-state index contributed by atoms with van der Waals surface area (Å²) in [4.78, 5) is 0. The van der Waals surface area contributed by atoms with Gasteiger partial charge in [0.05, 0.1) is 8.07 Å². The van der Waals surface area contributed by atoms with Crippen LogP contribution in [0.4, 0.5) is 0 Å². The molecule has 0 N–H and O–H groups in total. The Balaban J connectivity index is 5.36. The molecule has 0 radical (unpaired) electrons. The molecule has 0 heterocycles. The summed E-state index contributed by atoms with van der Waals surface area (Å²) < 4.78 is 1.66. The molecule has 0 rings (SSSR count). The third-order valence-corrected chi connectivity index (χ3v) is 12.5. The number of halogens is 1. The second-order valence-corrected chi connectivity index (χ2v) is 16.6. The van der Waals surface area contributed by atoms with Gasteiger partial charge in [0.2, 0.25) is 0 Å². The molecular weight excluding hydrogens is 479 g/mol. The first-order valence-electron chi connectivity index (χ1n) is 12.4. The topological polar surface area (TPSA) is 0 Å². The van der Waals surface area contributed by atoms with E-state index in [0.717, 1.165) is 12.8 Å². The van der Waals surface area contributed by atoms with Crippen molar-refractivity contribution >= 4 is 30.7 Å². The van der Waals surface area contributed by atoms with Crippen LogP contribution in [0.2, 0.25) is 19.6 Å². The molecule has 0 bridgehead atoms. The molecule has 0 aromatic carbocycles. The standard InChI is InChI=1S/C27H49ISi/c1-7-10-13-16-17-19-22-25(21-18-14-11-8-2)24-26(23-20-15-12-9-3)27(28)29(4,5)6/h24H,7-18,20-21,23H2,1-6H3. The largest absolute Gasteiger partial charge is 0.0982 e. The zero-order valence-corrected chi connectivity index (χ0v) is 23.7. The number of hydrogen-bond donors (Lipinski definition) is 0. The van der Waals surface area contributed by atoms with Crippen LogP contribution in [-0.4, -0.2) is 8.07 Å². The molecular formula is C27H49ISi. The Morgan fingerprint density at radius 1 is 0.724 bits per heavy atom.